The minimum atomic E-state index is -2.51. The second-order valence-corrected chi connectivity index (χ2v) is 9.57. The predicted octanol–water partition coefficient (Wildman–Crippen LogP) is 8.28. The highest BCUT2D eigenvalue weighted by Crippen LogP contribution is 2.30. The van der Waals surface area contributed by atoms with Crippen LogP contribution in [0.4, 0.5) is 14.5 Å². The number of nitrogens with two attached hydrogens (primary N) is 1. The molecule has 5 rings (SSSR count). The zero-order valence-electron chi connectivity index (χ0n) is 22.8. The number of hydrogen-bond donors (Lipinski definition) is 1. The zero-order chi connectivity index (χ0) is 27.2. The smallest absolute Gasteiger partial charge is 0.278 e. The maximum atomic E-state index is 12.6. The molecular formula is C30H43ClF2N4. The van der Waals surface area contributed by atoms with Crippen LogP contribution in [0.3, 0.4) is 0 Å². The first-order valence-corrected chi connectivity index (χ1v) is 14.1. The predicted molar refractivity (Wildman–Crippen MR) is 155 cm³/mol. The van der Waals surface area contributed by atoms with Gasteiger partial charge in [0.05, 0.1) is 5.71 Å². The topological polar surface area (TPSA) is 54.0 Å². The fourth-order valence-electron chi connectivity index (χ4n) is 4.59. The van der Waals surface area contributed by atoms with Gasteiger partial charge >= 0.3 is 0 Å². The second-order valence-electron chi connectivity index (χ2n) is 9.14. The maximum Gasteiger partial charge on any atom is 0.278 e. The molecule has 0 aromatic heterocycles. The zero-order valence-corrected chi connectivity index (χ0v) is 23.5. The molecule has 2 aromatic rings. The van der Waals surface area contributed by atoms with Gasteiger partial charge in [-0.05, 0) is 80.4 Å². The third-order valence-corrected chi connectivity index (χ3v) is 7.04. The summed E-state index contributed by atoms with van der Waals surface area (Å²) in [5.74, 6) is 0.764. The Bertz CT molecular complexity index is 962. The van der Waals surface area contributed by atoms with Crippen LogP contribution in [0.25, 0.3) is 0 Å². The molecule has 0 bridgehead atoms. The van der Waals surface area contributed by atoms with E-state index in [4.69, 9.17) is 17.3 Å². The van der Waals surface area contributed by atoms with Crippen LogP contribution in [-0.2, 0) is 6.42 Å². The van der Waals surface area contributed by atoms with E-state index in [0.29, 0.717) is 16.4 Å². The highest BCUT2D eigenvalue weighted by molar-refractivity contribution is 6.30. The van der Waals surface area contributed by atoms with E-state index < -0.39 is 6.43 Å². The molecule has 1 saturated carbocycles. The van der Waals surface area contributed by atoms with Crippen LogP contribution >= 0.6 is 11.6 Å². The average molecular weight is 533 g/mol. The summed E-state index contributed by atoms with van der Waals surface area (Å²) in [5, 5.41) is 8.19. The van der Waals surface area contributed by atoms with Crippen molar-refractivity contribution in [2.75, 3.05) is 18.8 Å². The highest BCUT2D eigenvalue weighted by atomic mass is 35.5. The minimum absolute atomic E-state index is 0.128. The number of benzene rings is 2. The van der Waals surface area contributed by atoms with Gasteiger partial charge in [-0.25, -0.2) is 8.78 Å². The lowest BCUT2D eigenvalue weighted by Gasteiger charge is -2.41. The number of nitrogen functional groups attached to an aromatic ring is 1. The Morgan fingerprint density at radius 1 is 0.946 bits per heavy atom. The molecule has 2 heterocycles. The number of anilines is 1. The van der Waals surface area contributed by atoms with Crippen molar-refractivity contribution in [1.29, 1.82) is 0 Å². The Morgan fingerprint density at radius 3 is 2.05 bits per heavy atom. The van der Waals surface area contributed by atoms with Crippen LogP contribution in [0.2, 0.25) is 5.02 Å². The molecule has 7 heteroatoms. The average Bonchev–Trinajstić information content (AvgIpc) is 3.38. The van der Waals surface area contributed by atoms with E-state index in [2.05, 4.69) is 27.2 Å². The largest absolute Gasteiger partial charge is 0.399 e. The molecule has 1 saturated heterocycles. The molecule has 0 spiro atoms. The molecule has 0 unspecified atom stereocenters. The summed E-state index contributed by atoms with van der Waals surface area (Å²) in [5.41, 5.74) is 8.84. The third-order valence-electron chi connectivity index (χ3n) is 6.80. The number of halogens is 3. The molecule has 0 amide bonds. The van der Waals surface area contributed by atoms with Gasteiger partial charge in [-0.15, -0.1) is 0 Å². The number of piperidine rings is 1. The standard InChI is InChI=1S/C20H25F2N3.C6H6ClN.2C2H6/c21-20(22)19-13-18(23-24-19)16-6-4-14(5-7-16)12-15-8-10-25(11-9-15)17-2-1-3-17;7-5-2-1-3-6(8)4-5;2*1-2/h4-7,15,17,20H,1-3,8-13H2;1-4H,8H2;2*1-2H3. The molecule has 3 aliphatic rings. The summed E-state index contributed by atoms with van der Waals surface area (Å²) in [6, 6.07) is 16.2. The SMILES string of the molecule is CC.CC.FC(F)C1=NN=C(c2ccc(CC3CCN(C4CCC4)CC3)cc2)C1.Nc1cccc(Cl)c1. The van der Waals surface area contributed by atoms with Crippen molar-refractivity contribution in [3.05, 3.63) is 64.7 Å². The minimum Gasteiger partial charge on any atom is -0.399 e. The van der Waals surface area contributed by atoms with Gasteiger partial charge in [0.25, 0.3) is 6.43 Å². The number of hydrogen-bond acceptors (Lipinski definition) is 4. The molecule has 2 aromatic carbocycles. The van der Waals surface area contributed by atoms with Gasteiger partial charge in [0, 0.05) is 23.2 Å². The van der Waals surface area contributed by atoms with Crippen molar-refractivity contribution in [2.24, 2.45) is 16.1 Å². The normalized spacial score (nSPS) is 17.7. The first kappa shape index (κ1) is 30.9. The lowest BCUT2D eigenvalue weighted by atomic mass is 9.85. The monoisotopic (exact) mass is 532 g/mol. The van der Waals surface area contributed by atoms with Gasteiger partial charge in [0.2, 0.25) is 0 Å². The van der Waals surface area contributed by atoms with Crippen LogP contribution in [0, 0.1) is 5.92 Å². The Morgan fingerprint density at radius 2 is 1.59 bits per heavy atom. The van der Waals surface area contributed by atoms with Gasteiger partial charge < -0.3 is 10.6 Å². The van der Waals surface area contributed by atoms with Gasteiger partial charge in [-0.1, -0.05) is 76.0 Å². The molecule has 1 aliphatic carbocycles. The molecule has 0 radical (unpaired) electrons. The van der Waals surface area contributed by atoms with Crippen molar-refractivity contribution < 1.29 is 8.78 Å². The van der Waals surface area contributed by atoms with E-state index in [1.54, 1.807) is 18.2 Å². The summed E-state index contributed by atoms with van der Waals surface area (Å²) in [6.07, 6.45) is 5.55. The second kappa shape index (κ2) is 16.5. The van der Waals surface area contributed by atoms with E-state index in [1.165, 1.54) is 50.8 Å². The summed E-state index contributed by atoms with van der Waals surface area (Å²) in [7, 11) is 0. The van der Waals surface area contributed by atoms with E-state index in [1.807, 2.05) is 45.9 Å². The fraction of sp³-hybridized carbons (Fsp3) is 0.533. The number of likely N-dealkylation sites (tertiary alicyclic amines) is 1. The first-order valence-electron chi connectivity index (χ1n) is 13.7. The van der Waals surface area contributed by atoms with Gasteiger partial charge in [0.1, 0.15) is 5.71 Å². The quantitative estimate of drug-likeness (QED) is 0.394. The van der Waals surface area contributed by atoms with E-state index in [-0.39, 0.29) is 12.1 Å². The molecule has 2 aliphatic heterocycles. The summed E-state index contributed by atoms with van der Waals surface area (Å²) >= 11 is 5.56. The van der Waals surface area contributed by atoms with E-state index >= 15 is 0 Å². The molecule has 4 nitrogen and oxygen atoms in total. The maximum absolute atomic E-state index is 12.6. The number of rotatable bonds is 5. The third kappa shape index (κ3) is 9.82. The van der Waals surface area contributed by atoms with Crippen molar-refractivity contribution in [3.8, 4) is 0 Å². The van der Waals surface area contributed by atoms with E-state index in [0.717, 1.165) is 23.9 Å². The van der Waals surface area contributed by atoms with Crippen LogP contribution in [-0.4, -0.2) is 41.9 Å². The van der Waals surface area contributed by atoms with Gasteiger partial charge in [-0.2, -0.15) is 10.2 Å². The Hall–Kier alpha value is -2.31. The van der Waals surface area contributed by atoms with Crippen LogP contribution in [0.15, 0.2) is 58.7 Å². The molecule has 2 fully saturated rings. The Balaban J connectivity index is 0.000000338. The first-order chi connectivity index (χ1) is 18.0. The molecule has 204 valence electrons. The fourth-order valence-corrected chi connectivity index (χ4v) is 4.79. The lowest BCUT2D eigenvalue weighted by molar-refractivity contribution is 0.0847. The van der Waals surface area contributed by atoms with Gasteiger partial charge in [0.15, 0.2) is 0 Å². The molecule has 2 N–H and O–H groups in total. The van der Waals surface area contributed by atoms with Crippen LogP contribution in [0.5, 0.6) is 0 Å². The van der Waals surface area contributed by atoms with Crippen molar-refractivity contribution in [2.45, 2.75) is 85.1 Å². The Labute approximate surface area is 227 Å². The summed E-state index contributed by atoms with van der Waals surface area (Å²) in [6.45, 7) is 10.5. The van der Waals surface area contributed by atoms with Crippen LogP contribution < -0.4 is 5.73 Å². The van der Waals surface area contributed by atoms with Crippen molar-refractivity contribution in [3.63, 3.8) is 0 Å². The van der Waals surface area contributed by atoms with Crippen LogP contribution in [0.1, 0.15) is 77.3 Å². The van der Waals surface area contributed by atoms with Crippen molar-refractivity contribution >= 4 is 28.7 Å². The summed E-state index contributed by atoms with van der Waals surface area (Å²) in [4.78, 5) is 2.68. The van der Waals surface area contributed by atoms with Crippen molar-refractivity contribution in [1.82, 2.24) is 4.90 Å². The molecular weight excluding hydrogens is 490 g/mol. The summed E-state index contributed by atoms with van der Waals surface area (Å²) < 4.78 is 25.3. The molecule has 0 atom stereocenters. The number of nitrogens with zero attached hydrogens (tertiary/aromatic N) is 3. The molecule has 37 heavy (non-hydrogen) atoms. The van der Waals surface area contributed by atoms with E-state index in [9.17, 15) is 8.78 Å². The van der Waals surface area contributed by atoms with Gasteiger partial charge in [-0.3, -0.25) is 0 Å². The highest BCUT2D eigenvalue weighted by Gasteiger charge is 2.28. The Kier molecular flexibility index (Phi) is 13.8. The lowest BCUT2D eigenvalue weighted by Crippen LogP contribution is -2.45. The number of alkyl halides is 2.